The van der Waals surface area contributed by atoms with Crippen molar-refractivity contribution in [2.24, 2.45) is 0 Å². The number of hydrogen-bond donors (Lipinski definition) is 1. The fourth-order valence-corrected chi connectivity index (χ4v) is 4.59. The van der Waals surface area contributed by atoms with Gasteiger partial charge in [-0.05, 0) is 42.4 Å². The smallest absolute Gasteiger partial charge is 0.243 e. The van der Waals surface area contributed by atoms with Crippen LogP contribution in [0, 0.1) is 5.82 Å². The zero-order valence-corrected chi connectivity index (χ0v) is 16.6. The average Bonchev–Trinajstić information content (AvgIpc) is 2.70. The van der Waals surface area contributed by atoms with Crippen molar-refractivity contribution < 1.29 is 17.6 Å². The Labute approximate surface area is 165 Å². The summed E-state index contributed by atoms with van der Waals surface area (Å²) < 4.78 is 40.7. The van der Waals surface area contributed by atoms with E-state index in [4.69, 9.17) is 0 Å². The molecule has 0 aliphatic carbocycles. The third-order valence-electron chi connectivity index (χ3n) is 4.86. The van der Waals surface area contributed by atoms with Crippen LogP contribution in [-0.2, 0) is 21.2 Å². The molecule has 1 fully saturated rings. The van der Waals surface area contributed by atoms with Crippen LogP contribution in [0.25, 0.3) is 0 Å². The summed E-state index contributed by atoms with van der Waals surface area (Å²) in [5.41, 5.74) is 0.779. The third-order valence-corrected chi connectivity index (χ3v) is 6.78. The normalized spacial score (nSPS) is 16.1. The van der Waals surface area contributed by atoms with Gasteiger partial charge >= 0.3 is 0 Å². The van der Waals surface area contributed by atoms with Crippen LogP contribution in [-0.4, -0.2) is 56.3 Å². The number of halogens is 1. The minimum Gasteiger partial charge on any atom is -0.326 e. The molecule has 0 radical (unpaired) electrons. The maximum atomic E-state index is 13.6. The Morgan fingerprint density at radius 1 is 1.04 bits per heavy atom. The molecule has 1 aliphatic rings. The number of nitrogens with zero attached hydrogens (tertiary/aromatic N) is 2. The largest absolute Gasteiger partial charge is 0.326 e. The molecule has 3 rings (SSSR count). The minimum atomic E-state index is -3.55. The standard InChI is InChI=1S/C20H24FN3O3S/c1-2-23-11-13-24(14-12-23)28(26,27)18-9-7-17(8-10-18)22-20(25)15-16-5-3-4-6-19(16)21/h3-10H,2,11-15H2,1H3,(H,22,25). The Hall–Kier alpha value is -2.29. The fourth-order valence-electron chi connectivity index (χ4n) is 3.17. The molecule has 150 valence electrons. The van der Waals surface area contributed by atoms with Crippen LogP contribution in [0.5, 0.6) is 0 Å². The van der Waals surface area contributed by atoms with Gasteiger partial charge in [0.1, 0.15) is 5.82 Å². The van der Waals surface area contributed by atoms with Crippen LogP contribution < -0.4 is 5.32 Å². The summed E-state index contributed by atoms with van der Waals surface area (Å²) in [6.45, 7) is 5.35. The lowest BCUT2D eigenvalue weighted by molar-refractivity contribution is -0.115. The molecule has 1 amide bonds. The van der Waals surface area contributed by atoms with Crippen LogP contribution in [0.1, 0.15) is 12.5 Å². The molecular weight excluding hydrogens is 381 g/mol. The van der Waals surface area contributed by atoms with Crippen molar-refractivity contribution in [2.75, 3.05) is 38.0 Å². The minimum absolute atomic E-state index is 0.0889. The summed E-state index contributed by atoms with van der Waals surface area (Å²) >= 11 is 0. The fraction of sp³-hybridized carbons (Fsp3) is 0.350. The van der Waals surface area contributed by atoms with Crippen molar-refractivity contribution in [1.29, 1.82) is 0 Å². The monoisotopic (exact) mass is 405 g/mol. The van der Waals surface area contributed by atoms with Crippen molar-refractivity contribution in [1.82, 2.24) is 9.21 Å². The van der Waals surface area contributed by atoms with E-state index in [1.165, 1.54) is 22.5 Å². The highest BCUT2D eigenvalue weighted by Crippen LogP contribution is 2.20. The molecule has 1 saturated heterocycles. The van der Waals surface area contributed by atoms with Gasteiger partial charge in [-0.1, -0.05) is 25.1 Å². The molecule has 1 aliphatic heterocycles. The van der Waals surface area contributed by atoms with Crippen LogP contribution in [0.4, 0.5) is 10.1 Å². The number of sulfonamides is 1. The summed E-state index contributed by atoms with van der Waals surface area (Å²) in [4.78, 5) is 14.5. The number of anilines is 1. The zero-order valence-electron chi connectivity index (χ0n) is 15.8. The average molecular weight is 405 g/mol. The van der Waals surface area contributed by atoms with Gasteiger partial charge in [0.05, 0.1) is 11.3 Å². The summed E-state index contributed by atoms with van der Waals surface area (Å²) in [7, 11) is -3.55. The number of carbonyl (C=O) groups excluding carboxylic acids is 1. The van der Waals surface area contributed by atoms with Gasteiger partial charge in [-0.3, -0.25) is 4.79 Å². The zero-order chi connectivity index (χ0) is 20.1. The van der Waals surface area contributed by atoms with Gasteiger partial charge in [0.15, 0.2) is 0 Å². The summed E-state index contributed by atoms with van der Waals surface area (Å²) in [6.07, 6.45) is -0.0889. The molecule has 8 heteroatoms. The van der Waals surface area contributed by atoms with Gasteiger partial charge < -0.3 is 10.2 Å². The van der Waals surface area contributed by atoms with Crippen molar-refractivity contribution in [3.8, 4) is 0 Å². The lowest BCUT2D eigenvalue weighted by atomic mass is 10.1. The molecule has 2 aromatic rings. The SMILES string of the molecule is CCN1CCN(S(=O)(=O)c2ccc(NC(=O)Cc3ccccc3F)cc2)CC1. The number of likely N-dealkylation sites (N-methyl/N-ethyl adjacent to an activating group) is 1. The maximum Gasteiger partial charge on any atom is 0.243 e. The molecule has 6 nitrogen and oxygen atoms in total. The molecule has 28 heavy (non-hydrogen) atoms. The first-order chi connectivity index (χ1) is 13.4. The highest BCUT2D eigenvalue weighted by molar-refractivity contribution is 7.89. The Kier molecular flexibility index (Phi) is 6.43. The third kappa shape index (κ3) is 4.76. The molecule has 0 unspecified atom stereocenters. The number of benzene rings is 2. The van der Waals surface area contributed by atoms with E-state index < -0.39 is 15.8 Å². The summed E-state index contributed by atoms with van der Waals surface area (Å²) in [5.74, 6) is -0.793. The molecule has 0 aromatic heterocycles. The Morgan fingerprint density at radius 2 is 1.68 bits per heavy atom. The summed E-state index contributed by atoms with van der Waals surface area (Å²) in [6, 6.07) is 12.2. The molecule has 0 bridgehead atoms. The number of carbonyl (C=O) groups is 1. The predicted octanol–water partition coefficient (Wildman–Crippen LogP) is 2.33. The number of nitrogens with one attached hydrogen (secondary N) is 1. The number of rotatable bonds is 6. The topological polar surface area (TPSA) is 69.7 Å². The first kappa shape index (κ1) is 20.4. The van der Waals surface area contributed by atoms with E-state index in [-0.39, 0.29) is 17.2 Å². The van der Waals surface area contributed by atoms with Gasteiger partial charge in [-0.2, -0.15) is 4.31 Å². The molecule has 1 heterocycles. The van der Waals surface area contributed by atoms with Crippen molar-refractivity contribution >= 4 is 21.6 Å². The number of piperazine rings is 1. The van der Waals surface area contributed by atoms with Crippen LogP contribution in [0.2, 0.25) is 0 Å². The molecule has 0 atom stereocenters. The van der Waals surface area contributed by atoms with Gasteiger partial charge in [0.2, 0.25) is 15.9 Å². The maximum absolute atomic E-state index is 13.6. The number of amides is 1. The second-order valence-corrected chi connectivity index (χ2v) is 8.62. The van der Waals surface area contributed by atoms with E-state index in [1.54, 1.807) is 30.3 Å². The lowest BCUT2D eigenvalue weighted by Crippen LogP contribution is -2.48. The van der Waals surface area contributed by atoms with E-state index in [0.717, 1.165) is 19.6 Å². The van der Waals surface area contributed by atoms with Gasteiger partial charge in [-0.15, -0.1) is 0 Å². The summed E-state index contributed by atoms with van der Waals surface area (Å²) in [5, 5.41) is 2.67. The van der Waals surface area contributed by atoms with E-state index in [2.05, 4.69) is 17.1 Å². The molecule has 2 aromatic carbocycles. The van der Waals surface area contributed by atoms with Crippen molar-refractivity contribution in [2.45, 2.75) is 18.2 Å². The van der Waals surface area contributed by atoms with Crippen molar-refractivity contribution in [3.05, 3.63) is 59.9 Å². The second-order valence-electron chi connectivity index (χ2n) is 6.68. The van der Waals surface area contributed by atoms with Gasteiger partial charge in [0.25, 0.3) is 0 Å². The van der Waals surface area contributed by atoms with E-state index >= 15 is 0 Å². The van der Waals surface area contributed by atoms with Crippen LogP contribution in [0.3, 0.4) is 0 Å². The highest BCUT2D eigenvalue weighted by atomic mass is 32.2. The molecule has 1 N–H and O–H groups in total. The quantitative estimate of drug-likeness (QED) is 0.801. The Bertz CT molecular complexity index is 924. The Morgan fingerprint density at radius 3 is 2.29 bits per heavy atom. The predicted molar refractivity (Wildman–Crippen MR) is 106 cm³/mol. The second kappa shape index (κ2) is 8.81. The Balaban J connectivity index is 1.63. The van der Waals surface area contributed by atoms with Gasteiger partial charge in [-0.25, -0.2) is 12.8 Å². The highest BCUT2D eigenvalue weighted by Gasteiger charge is 2.27. The van der Waals surface area contributed by atoms with E-state index in [0.29, 0.717) is 24.3 Å². The molecular formula is C20H24FN3O3S. The van der Waals surface area contributed by atoms with Crippen LogP contribution in [0.15, 0.2) is 53.4 Å². The van der Waals surface area contributed by atoms with E-state index in [1.807, 2.05) is 0 Å². The number of hydrogen-bond acceptors (Lipinski definition) is 4. The lowest BCUT2D eigenvalue weighted by Gasteiger charge is -2.33. The first-order valence-electron chi connectivity index (χ1n) is 9.26. The van der Waals surface area contributed by atoms with Crippen molar-refractivity contribution in [3.63, 3.8) is 0 Å². The van der Waals surface area contributed by atoms with Gasteiger partial charge in [0, 0.05) is 31.9 Å². The molecule has 0 saturated carbocycles. The van der Waals surface area contributed by atoms with E-state index in [9.17, 15) is 17.6 Å². The first-order valence-corrected chi connectivity index (χ1v) is 10.7. The molecule has 0 spiro atoms. The van der Waals surface area contributed by atoms with Crippen LogP contribution >= 0.6 is 0 Å².